The van der Waals surface area contributed by atoms with Crippen LogP contribution < -0.4 is 66.7 Å². The molecule has 0 bridgehead atoms. The third-order valence-corrected chi connectivity index (χ3v) is 17.0. The van der Waals surface area contributed by atoms with Gasteiger partial charge in [0.2, 0.25) is 41.4 Å². The lowest BCUT2D eigenvalue weighted by molar-refractivity contribution is -0.193. The summed E-state index contributed by atoms with van der Waals surface area (Å²) in [6.07, 6.45) is 32.8. The van der Waals surface area contributed by atoms with Crippen molar-refractivity contribution in [1.29, 1.82) is 0 Å². The van der Waals surface area contributed by atoms with Gasteiger partial charge in [-0.15, -0.1) is 0 Å². The van der Waals surface area contributed by atoms with E-state index in [4.69, 9.17) is 69.8 Å². The van der Waals surface area contributed by atoms with Crippen LogP contribution in [0.15, 0.2) is 27.1 Å². The molecule has 112 heavy (non-hydrogen) atoms. The number of hydrogen-bond acceptors (Lipinski definition) is 13. The second kappa shape index (κ2) is 71.6. The van der Waals surface area contributed by atoms with E-state index in [2.05, 4.69) is 55.4 Å². The topological polar surface area (TPSA) is 514 Å². The van der Waals surface area contributed by atoms with Crippen molar-refractivity contribution in [2.75, 3.05) is 45.8 Å². The highest BCUT2D eigenvalue weighted by molar-refractivity contribution is 5.99. The van der Waals surface area contributed by atoms with Crippen molar-refractivity contribution in [2.24, 2.45) is 55.1 Å². The molecular formula is C74H135F9N16O13. The molecule has 38 heteroatoms. The van der Waals surface area contributed by atoms with Crippen molar-refractivity contribution in [2.45, 2.75) is 333 Å². The maximum atomic E-state index is 14.0. The number of primary amides is 1. The van der Waals surface area contributed by atoms with Crippen LogP contribution in [0.1, 0.15) is 296 Å². The Labute approximate surface area is 655 Å². The van der Waals surface area contributed by atoms with E-state index in [1.165, 1.54) is 180 Å². The Bertz CT molecular complexity index is 2550. The van der Waals surface area contributed by atoms with E-state index in [0.717, 1.165) is 50.7 Å². The van der Waals surface area contributed by atoms with Crippen LogP contribution in [0.2, 0.25) is 0 Å². The molecule has 0 aliphatic heterocycles. The van der Waals surface area contributed by atoms with Crippen LogP contribution in [0.5, 0.6) is 0 Å². The molecule has 0 aromatic heterocycles. The molecule has 0 aromatic carbocycles. The molecule has 0 aromatic rings. The lowest BCUT2D eigenvalue weighted by Crippen LogP contribution is -2.56. The number of guanidine groups is 3. The number of unbranched alkanes of at least 4 members (excludes halogenated alkanes) is 32. The molecule has 0 aliphatic rings. The second-order valence-electron chi connectivity index (χ2n) is 27.2. The number of amides is 7. The molecule has 0 fully saturated rings. The third kappa shape index (κ3) is 77.0. The van der Waals surface area contributed by atoms with Crippen LogP contribution in [-0.2, 0) is 47.9 Å². The van der Waals surface area contributed by atoms with E-state index in [-0.39, 0.29) is 94.5 Å². The Morgan fingerprint density at radius 2 is 0.589 bits per heavy atom. The van der Waals surface area contributed by atoms with Crippen molar-refractivity contribution in [3.63, 3.8) is 0 Å². The number of halogens is 9. The minimum atomic E-state index is -5.08. The molecule has 0 rings (SSSR count). The number of rotatable bonds is 64. The fourth-order valence-corrected chi connectivity index (χ4v) is 10.9. The van der Waals surface area contributed by atoms with Gasteiger partial charge in [0.05, 0.1) is 0 Å². The van der Waals surface area contributed by atoms with Crippen molar-refractivity contribution < 1.29 is 103 Å². The lowest BCUT2D eigenvalue weighted by Gasteiger charge is -2.24. The third-order valence-electron chi connectivity index (χ3n) is 17.0. The quantitative estimate of drug-likeness (QED) is 0.00884. The molecule has 22 N–H and O–H groups in total. The molecule has 3 atom stereocenters. The number of nitrogens with zero attached hydrogens (tertiary/aromatic N) is 4. The van der Waals surface area contributed by atoms with Crippen molar-refractivity contribution >= 4 is 77.1 Å². The zero-order chi connectivity index (χ0) is 85.4. The van der Waals surface area contributed by atoms with Gasteiger partial charge in [-0.2, -0.15) is 39.5 Å². The average molecular weight is 1630 g/mol. The average Bonchev–Trinajstić information content (AvgIpc) is 0.873. The van der Waals surface area contributed by atoms with E-state index in [1.807, 2.05) is 0 Å². The molecule has 0 saturated carbocycles. The van der Waals surface area contributed by atoms with Gasteiger partial charge in [0.15, 0.2) is 17.9 Å². The molecule has 0 unspecified atom stereocenters. The lowest BCUT2D eigenvalue weighted by atomic mass is 10.0. The SMILES string of the molecule is CCCCCCCCCCCCCCCCCCCC(=O)NCCCN(CCCNC(=O)CCCCCCCCCCCCCCCCCCC)C(=O)/C=C\C(=O)N[C@@H](CCCN=C(N)N)C(=O)N[C@@H](CCCN=C(N)N)C(=O)N[C@@H](CCCN=C(N)N)C(N)=O.O=C(O)C(F)(F)F.O=C(O)C(F)(F)F.O=C(O)C(F)(F)F. The number of carbonyl (C=O) groups excluding carboxylic acids is 7. The number of carboxylic acid groups (broad SMARTS) is 3. The summed E-state index contributed by atoms with van der Waals surface area (Å²) in [5.74, 6) is -12.3. The summed E-state index contributed by atoms with van der Waals surface area (Å²) < 4.78 is 95.2. The van der Waals surface area contributed by atoms with Crippen LogP contribution in [-0.4, -0.2) is 180 Å². The van der Waals surface area contributed by atoms with Gasteiger partial charge >= 0.3 is 36.4 Å². The number of hydrogen-bond donors (Lipinski definition) is 15. The summed E-state index contributed by atoms with van der Waals surface area (Å²) in [6.45, 7) is 6.20. The van der Waals surface area contributed by atoms with Crippen molar-refractivity contribution in [3.8, 4) is 0 Å². The summed E-state index contributed by atoms with van der Waals surface area (Å²) in [5, 5.41) is 35.3. The number of aliphatic imine (C=N–C) groups is 3. The van der Waals surface area contributed by atoms with Crippen molar-refractivity contribution in [3.05, 3.63) is 12.2 Å². The van der Waals surface area contributed by atoms with Gasteiger partial charge in [-0.1, -0.05) is 219 Å². The Morgan fingerprint density at radius 3 is 0.839 bits per heavy atom. The molecule has 652 valence electrons. The molecular weight excluding hydrogens is 1490 g/mol. The van der Waals surface area contributed by atoms with Gasteiger partial charge < -0.3 is 86.9 Å². The zero-order valence-electron chi connectivity index (χ0n) is 66.1. The summed E-state index contributed by atoms with van der Waals surface area (Å²) in [6, 6.07) is -3.59. The summed E-state index contributed by atoms with van der Waals surface area (Å²) in [5.41, 5.74) is 38.5. The number of alkyl halides is 9. The van der Waals surface area contributed by atoms with Gasteiger partial charge in [0, 0.05) is 70.8 Å². The first-order chi connectivity index (χ1) is 52.8. The predicted octanol–water partition coefficient (Wildman–Crippen LogP) is 10.5. The maximum Gasteiger partial charge on any atom is 0.490 e. The van der Waals surface area contributed by atoms with Crippen molar-refractivity contribution in [1.82, 2.24) is 31.5 Å². The van der Waals surface area contributed by atoms with Gasteiger partial charge in [0.25, 0.3) is 0 Å². The second-order valence-corrected chi connectivity index (χ2v) is 27.2. The van der Waals surface area contributed by atoms with E-state index >= 15 is 0 Å². The summed E-state index contributed by atoms with van der Waals surface area (Å²) in [4.78, 5) is 133. The van der Waals surface area contributed by atoms with Crippen LogP contribution in [0.3, 0.4) is 0 Å². The first-order valence-corrected chi connectivity index (χ1v) is 39.6. The first kappa shape index (κ1) is 110. The Morgan fingerprint density at radius 1 is 0.348 bits per heavy atom. The van der Waals surface area contributed by atoms with E-state index in [9.17, 15) is 73.1 Å². The van der Waals surface area contributed by atoms with Gasteiger partial charge in [0.1, 0.15) is 18.1 Å². The maximum absolute atomic E-state index is 14.0. The Balaban J connectivity index is -0.00000241. The predicted molar refractivity (Wildman–Crippen MR) is 414 cm³/mol. The first-order valence-electron chi connectivity index (χ1n) is 39.6. The monoisotopic (exact) mass is 1630 g/mol. The molecule has 0 heterocycles. The molecule has 0 saturated heterocycles. The summed E-state index contributed by atoms with van der Waals surface area (Å²) in [7, 11) is 0. The zero-order valence-corrected chi connectivity index (χ0v) is 66.1. The fraction of sp³-hybridized carbons (Fsp3) is 0.797. The summed E-state index contributed by atoms with van der Waals surface area (Å²) >= 11 is 0. The van der Waals surface area contributed by atoms with Gasteiger partial charge in [-0.25, -0.2) is 14.4 Å². The Kier molecular flexibility index (Phi) is 70.3. The molecule has 29 nitrogen and oxygen atoms in total. The highest BCUT2D eigenvalue weighted by atomic mass is 19.4. The van der Waals surface area contributed by atoms with Crippen LogP contribution >= 0.6 is 0 Å². The standard InChI is InChI=1S/C68H132N16O7.3C2HF3O2/c1-3-5-7-9-11-13-15-17-19-21-23-25-27-29-31-33-35-45-59(85)76-52-40-54-84(55-41-53-77-60(86)46-36-34-32-30-28-26-24-22-20-18-16-14-12-10-8-6-4-2)62(88)48-47-61(87)81-57(43-38-50-79-67(72)73)64(90)83-58(44-39-51-80-68(74)75)65(91)82-56(63(69)89)42-37-49-78-66(70)71;3*3-2(4,5)1(6)7/h47-48,56-58H,3-46,49-55H2,1-2H3,(H2,69,89)(H,76,85)(H,77,86)(H,81,87)(H,82,91)(H,83,90)(H4,70,71,78)(H4,72,73,79)(H4,74,75,80);3*(H,6,7)/b48-47-;;;/t56-,57-,58-;;;/m0.../s1. The highest BCUT2D eigenvalue weighted by Gasteiger charge is 2.40. The largest absolute Gasteiger partial charge is 0.490 e. The smallest absolute Gasteiger partial charge is 0.475 e. The molecule has 0 radical (unpaired) electrons. The van der Waals surface area contributed by atoms with Crippen LogP contribution in [0, 0.1) is 0 Å². The fourth-order valence-electron chi connectivity index (χ4n) is 10.9. The minimum absolute atomic E-state index is 0.0236. The number of nitrogens with one attached hydrogen (secondary N) is 5. The Hall–Kier alpha value is -8.38. The molecule has 0 aliphatic carbocycles. The number of nitrogens with two attached hydrogens (primary N) is 7. The van der Waals surface area contributed by atoms with Crippen LogP contribution in [0.25, 0.3) is 0 Å². The number of carbonyl (C=O) groups is 10. The van der Waals surface area contributed by atoms with Gasteiger partial charge in [-0.3, -0.25) is 48.5 Å². The number of carboxylic acids is 3. The van der Waals surface area contributed by atoms with E-state index < -0.39 is 84.1 Å². The number of aliphatic carboxylic acids is 3. The minimum Gasteiger partial charge on any atom is -0.475 e. The van der Waals surface area contributed by atoms with Gasteiger partial charge in [-0.05, 0) is 64.2 Å². The van der Waals surface area contributed by atoms with E-state index in [0.29, 0.717) is 45.2 Å². The van der Waals surface area contributed by atoms with E-state index in [1.54, 1.807) is 4.90 Å². The van der Waals surface area contributed by atoms with Crippen LogP contribution in [0.4, 0.5) is 39.5 Å². The molecule has 7 amide bonds. The normalized spacial score (nSPS) is 12.0. The molecule has 0 spiro atoms. The highest BCUT2D eigenvalue weighted by Crippen LogP contribution is 2.19.